The Morgan fingerprint density at radius 1 is 1.08 bits per heavy atom. The fourth-order valence-corrected chi connectivity index (χ4v) is 3.58. The first-order chi connectivity index (χ1) is 12.5. The van der Waals surface area contributed by atoms with Crippen LogP contribution < -0.4 is 10.6 Å². The number of amides is 1. The van der Waals surface area contributed by atoms with Gasteiger partial charge in [-0.15, -0.1) is 11.3 Å². The van der Waals surface area contributed by atoms with E-state index < -0.39 is 6.04 Å². The molecule has 2 N–H and O–H groups in total. The van der Waals surface area contributed by atoms with Gasteiger partial charge >= 0.3 is 0 Å². The van der Waals surface area contributed by atoms with Gasteiger partial charge in [0.15, 0.2) is 0 Å². The molecule has 2 atom stereocenters. The first-order valence-corrected chi connectivity index (χ1v) is 9.40. The van der Waals surface area contributed by atoms with Gasteiger partial charge in [0, 0.05) is 4.88 Å². The minimum Gasteiger partial charge on any atom is -0.323 e. The molecule has 1 aromatic heterocycles. The monoisotopic (exact) mass is 388 g/mol. The summed E-state index contributed by atoms with van der Waals surface area (Å²) in [6.07, 6.45) is 0. The molecule has 0 saturated carbocycles. The molecule has 1 amide bonds. The van der Waals surface area contributed by atoms with Crippen molar-refractivity contribution in [1.29, 1.82) is 0 Å². The van der Waals surface area contributed by atoms with Crippen molar-refractivity contribution in [3.05, 3.63) is 87.3 Å². The summed E-state index contributed by atoms with van der Waals surface area (Å²) in [5.41, 5.74) is 1.47. The molecule has 0 fully saturated rings. The van der Waals surface area contributed by atoms with Gasteiger partial charge in [-0.05, 0) is 48.2 Å². The number of hydrogen-bond donors (Lipinski definition) is 2. The van der Waals surface area contributed by atoms with Crippen LogP contribution in [0.3, 0.4) is 0 Å². The number of halogens is 2. The maximum atomic E-state index is 13.3. The van der Waals surface area contributed by atoms with E-state index in [4.69, 9.17) is 11.6 Å². The summed E-state index contributed by atoms with van der Waals surface area (Å²) in [4.78, 5) is 13.6. The highest BCUT2D eigenvalue weighted by atomic mass is 35.5. The summed E-state index contributed by atoms with van der Waals surface area (Å²) in [6, 6.07) is 16.6. The van der Waals surface area contributed by atoms with E-state index in [0.717, 1.165) is 10.4 Å². The minimum absolute atomic E-state index is 0.193. The number of thiophene rings is 1. The average Bonchev–Trinajstić information content (AvgIpc) is 3.16. The van der Waals surface area contributed by atoms with E-state index in [0.29, 0.717) is 10.7 Å². The molecular weight excluding hydrogens is 371 g/mol. The van der Waals surface area contributed by atoms with Gasteiger partial charge in [-0.2, -0.15) is 0 Å². The van der Waals surface area contributed by atoms with Crippen LogP contribution in [0.1, 0.15) is 23.4 Å². The van der Waals surface area contributed by atoms with Gasteiger partial charge in [-0.25, -0.2) is 4.39 Å². The maximum Gasteiger partial charge on any atom is 0.241 e. The van der Waals surface area contributed by atoms with Crippen LogP contribution in [-0.4, -0.2) is 11.9 Å². The zero-order valence-electron chi connectivity index (χ0n) is 14.1. The van der Waals surface area contributed by atoms with Gasteiger partial charge in [0.05, 0.1) is 22.8 Å². The lowest BCUT2D eigenvalue weighted by Gasteiger charge is -2.23. The Hall–Kier alpha value is -2.21. The number of anilines is 1. The second-order valence-corrected chi connectivity index (χ2v) is 7.24. The highest BCUT2D eigenvalue weighted by Gasteiger charge is 2.22. The Labute approximate surface area is 160 Å². The van der Waals surface area contributed by atoms with Gasteiger partial charge in [-0.1, -0.05) is 41.9 Å². The van der Waals surface area contributed by atoms with Crippen LogP contribution >= 0.6 is 22.9 Å². The number of carbonyl (C=O) groups excluding carboxylic acids is 1. The molecule has 0 aliphatic rings. The average molecular weight is 389 g/mol. The molecule has 2 aromatic carbocycles. The minimum atomic E-state index is -0.483. The molecule has 0 radical (unpaired) electrons. The van der Waals surface area contributed by atoms with Gasteiger partial charge < -0.3 is 5.32 Å². The largest absolute Gasteiger partial charge is 0.323 e. The number of nitrogens with one attached hydrogen (secondary N) is 2. The van der Waals surface area contributed by atoms with Crippen molar-refractivity contribution in [1.82, 2.24) is 5.32 Å². The molecule has 3 aromatic rings. The van der Waals surface area contributed by atoms with Crippen LogP contribution in [0.15, 0.2) is 66.0 Å². The molecule has 134 valence electrons. The number of benzene rings is 2. The number of para-hydroxylation sites is 1. The Balaban J connectivity index is 1.77. The van der Waals surface area contributed by atoms with Gasteiger partial charge in [0.1, 0.15) is 5.82 Å². The van der Waals surface area contributed by atoms with E-state index in [1.165, 1.54) is 12.1 Å². The lowest BCUT2D eigenvalue weighted by atomic mass is 10.0. The third kappa shape index (κ3) is 4.49. The van der Waals surface area contributed by atoms with E-state index in [1.54, 1.807) is 48.6 Å². The highest BCUT2D eigenvalue weighted by Crippen LogP contribution is 2.27. The SMILES string of the molecule is C[C@@H](N[C@H](c1ccc(F)cc1)c1cccs1)C(=O)Nc1ccccc1Cl. The number of rotatable bonds is 6. The van der Waals surface area contributed by atoms with Crippen molar-refractivity contribution in [3.63, 3.8) is 0 Å². The lowest BCUT2D eigenvalue weighted by molar-refractivity contribution is -0.117. The molecule has 0 aliphatic heterocycles. The number of carbonyl (C=O) groups is 1. The molecule has 3 nitrogen and oxygen atoms in total. The molecule has 0 saturated heterocycles. The van der Waals surface area contributed by atoms with Crippen molar-refractivity contribution in [2.75, 3.05) is 5.32 Å². The van der Waals surface area contributed by atoms with E-state index in [1.807, 2.05) is 23.6 Å². The number of hydrogen-bond acceptors (Lipinski definition) is 3. The smallest absolute Gasteiger partial charge is 0.241 e. The predicted octanol–water partition coefficient (Wildman–Crippen LogP) is 5.25. The quantitative estimate of drug-likeness (QED) is 0.605. The van der Waals surface area contributed by atoms with E-state index in [2.05, 4.69) is 10.6 Å². The highest BCUT2D eigenvalue weighted by molar-refractivity contribution is 7.10. The zero-order chi connectivity index (χ0) is 18.5. The summed E-state index contributed by atoms with van der Waals surface area (Å²) in [5, 5.41) is 8.62. The van der Waals surface area contributed by atoms with Gasteiger partial charge in [0.25, 0.3) is 0 Å². The normalized spacial score (nSPS) is 13.2. The molecule has 0 unspecified atom stereocenters. The zero-order valence-corrected chi connectivity index (χ0v) is 15.7. The van der Waals surface area contributed by atoms with Crippen LogP contribution in [0.2, 0.25) is 5.02 Å². The Morgan fingerprint density at radius 3 is 2.46 bits per heavy atom. The first-order valence-electron chi connectivity index (χ1n) is 8.15. The Morgan fingerprint density at radius 2 is 1.81 bits per heavy atom. The molecule has 1 heterocycles. The summed E-state index contributed by atoms with van der Waals surface area (Å²) in [5.74, 6) is -0.482. The van der Waals surface area contributed by atoms with E-state index >= 15 is 0 Å². The summed E-state index contributed by atoms with van der Waals surface area (Å²) in [7, 11) is 0. The summed E-state index contributed by atoms with van der Waals surface area (Å²) in [6.45, 7) is 1.79. The summed E-state index contributed by atoms with van der Waals surface area (Å²) >= 11 is 7.68. The van der Waals surface area contributed by atoms with Crippen LogP contribution in [-0.2, 0) is 4.79 Å². The topological polar surface area (TPSA) is 41.1 Å². The van der Waals surface area contributed by atoms with E-state index in [-0.39, 0.29) is 17.8 Å². The van der Waals surface area contributed by atoms with E-state index in [9.17, 15) is 9.18 Å². The van der Waals surface area contributed by atoms with Gasteiger partial charge in [0.2, 0.25) is 5.91 Å². The van der Waals surface area contributed by atoms with Gasteiger partial charge in [-0.3, -0.25) is 10.1 Å². The molecule has 0 aliphatic carbocycles. The van der Waals surface area contributed by atoms with Crippen LogP contribution in [0.5, 0.6) is 0 Å². The maximum absolute atomic E-state index is 13.3. The van der Waals surface area contributed by atoms with Crippen molar-refractivity contribution in [2.24, 2.45) is 0 Å². The second kappa shape index (κ2) is 8.45. The van der Waals surface area contributed by atoms with Crippen molar-refractivity contribution >= 4 is 34.5 Å². The third-order valence-electron chi connectivity index (χ3n) is 3.97. The fraction of sp³-hybridized carbons (Fsp3) is 0.150. The second-order valence-electron chi connectivity index (χ2n) is 5.86. The van der Waals surface area contributed by atoms with Crippen molar-refractivity contribution in [2.45, 2.75) is 19.0 Å². The third-order valence-corrected chi connectivity index (χ3v) is 5.24. The molecular formula is C20H18ClFN2OS. The lowest BCUT2D eigenvalue weighted by Crippen LogP contribution is -2.40. The first kappa shape index (κ1) is 18.6. The van der Waals surface area contributed by atoms with Crippen molar-refractivity contribution < 1.29 is 9.18 Å². The Kier molecular flexibility index (Phi) is 6.04. The molecule has 3 rings (SSSR count). The molecule has 26 heavy (non-hydrogen) atoms. The fourth-order valence-electron chi connectivity index (χ4n) is 2.58. The molecule has 0 spiro atoms. The van der Waals surface area contributed by atoms with Crippen molar-refractivity contribution in [3.8, 4) is 0 Å². The van der Waals surface area contributed by atoms with Crippen LogP contribution in [0.25, 0.3) is 0 Å². The molecule has 6 heteroatoms. The predicted molar refractivity (Wildman–Crippen MR) is 105 cm³/mol. The summed E-state index contributed by atoms with van der Waals surface area (Å²) < 4.78 is 13.3. The standard InChI is InChI=1S/C20H18ClFN2OS/c1-13(20(25)24-17-6-3-2-5-16(17)21)23-19(18-7-4-12-26-18)14-8-10-15(22)11-9-14/h2-13,19,23H,1H3,(H,24,25)/t13-,19-/m1/s1. The molecule has 0 bridgehead atoms. The van der Waals surface area contributed by atoms with Crippen LogP contribution in [0, 0.1) is 5.82 Å². The van der Waals surface area contributed by atoms with Crippen LogP contribution in [0.4, 0.5) is 10.1 Å². The Bertz CT molecular complexity index is 868.